The van der Waals surface area contributed by atoms with Gasteiger partial charge in [0.1, 0.15) is 5.75 Å². The highest BCUT2D eigenvalue weighted by Gasteiger charge is 2.05. The number of para-hydroxylation sites is 1. The van der Waals surface area contributed by atoms with E-state index in [9.17, 15) is 10.1 Å². The van der Waals surface area contributed by atoms with E-state index in [1.165, 1.54) is 6.08 Å². The van der Waals surface area contributed by atoms with Crippen LogP contribution in [0.3, 0.4) is 0 Å². The molecule has 0 atom stereocenters. The molecule has 5 nitrogen and oxygen atoms in total. The van der Waals surface area contributed by atoms with Gasteiger partial charge in [0.25, 0.3) is 0 Å². The first kappa shape index (κ1) is 10.2. The van der Waals surface area contributed by atoms with Crippen molar-refractivity contribution >= 4 is 17.0 Å². The van der Waals surface area contributed by atoms with Crippen LogP contribution in [0.2, 0.25) is 0 Å². The van der Waals surface area contributed by atoms with Gasteiger partial charge in [-0.25, -0.2) is 0 Å². The molecule has 2 aromatic rings. The van der Waals surface area contributed by atoms with Crippen molar-refractivity contribution in [1.29, 1.82) is 0 Å². The molecule has 0 radical (unpaired) electrons. The molecule has 0 fully saturated rings. The molecule has 16 heavy (non-hydrogen) atoms. The maximum atomic E-state index is 10.2. The molecule has 0 aliphatic carbocycles. The summed E-state index contributed by atoms with van der Waals surface area (Å²) in [5.41, 5.74) is 1.61. The minimum absolute atomic E-state index is 0.487. The first-order valence-electron chi connectivity index (χ1n) is 4.68. The van der Waals surface area contributed by atoms with E-state index in [4.69, 9.17) is 4.74 Å². The molecule has 1 aromatic heterocycles. The van der Waals surface area contributed by atoms with E-state index in [1.54, 1.807) is 13.3 Å². The highest BCUT2D eigenvalue weighted by molar-refractivity contribution is 5.92. The number of nitro groups is 1. The highest BCUT2D eigenvalue weighted by Crippen LogP contribution is 2.27. The molecule has 0 amide bonds. The van der Waals surface area contributed by atoms with Crippen LogP contribution in [-0.4, -0.2) is 17.0 Å². The molecule has 0 aliphatic rings. The summed E-state index contributed by atoms with van der Waals surface area (Å²) >= 11 is 0. The Labute approximate surface area is 91.5 Å². The van der Waals surface area contributed by atoms with Crippen molar-refractivity contribution in [1.82, 2.24) is 4.98 Å². The molecule has 0 spiro atoms. The monoisotopic (exact) mass is 218 g/mol. The molecule has 0 saturated heterocycles. The van der Waals surface area contributed by atoms with Gasteiger partial charge in [-0.15, -0.1) is 0 Å². The Morgan fingerprint density at radius 1 is 1.50 bits per heavy atom. The van der Waals surface area contributed by atoms with E-state index in [0.29, 0.717) is 0 Å². The molecule has 1 aromatic carbocycles. The van der Waals surface area contributed by atoms with Crippen LogP contribution in [0.1, 0.15) is 5.56 Å². The maximum Gasteiger partial charge on any atom is 0.235 e. The van der Waals surface area contributed by atoms with Crippen LogP contribution in [0.15, 0.2) is 30.6 Å². The number of hydrogen-bond acceptors (Lipinski definition) is 3. The van der Waals surface area contributed by atoms with Crippen molar-refractivity contribution < 1.29 is 9.66 Å². The number of rotatable bonds is 3. The molecule has 0 unspecified atom stereocenters. The number of nitrogens with one attached hydrogen (secondary N) is 1. The average Bonchev–Trinajstić information content (AvgIpc) is 2.69. The fraction of sp³-hybridized carbons (Fsp3) is 0.0909. The second-order valence-corrected chi connectivity index (χ2v) is 3.23. The van der Waals surface area contributed by atoms with Crippen molar-refractivity contribution in [3.05, 3.63) is 46.3 Å². The number of fused-ring (bicyclic) bond motifs is 1. The van der Waals surface area contributed by atoms with Crippen molar-refractivity contribution in [3.8, 4) is 5.75 Å². The number of nitrogens with zero attached hydrogens (tertiary/aromatic N) is 1. The third kappa shape index (κ3) is 1.75. The molecule has 0 saturated carbocycles. The number of ether oxygens (including phenoxy) is 1. The predicted molar refractivity (Wildman–Crippen MR) is 60.9 cm³/mol. The summed E-state index contributed by atoms with van der Waals surface area (Å²) in [5, 5.41) is 11.1. The van der Waals surface area contributed by atoms with E-state index >= 15 is 0 Å². The minimum atomic E-state index is -0.487. The Morgan fingerprint density at radius 3 is 3.00 bits per heavy atom. The fourth-order valence-corrected chi connectivity index (χ4v) is 1.60. The number of aromatic amines is 1. The van der Waals surface area contributed by atoms with Gasteiger partial charge in [-0.1, -0.05) is 12.1 Å². The minimum Gasteiger partial charge on any atom is -0.495 e. The van der Waals surface area contributed by atoms with Gasteiger partial charge in [0.15, 0.2) is 0 Å². The average molecular weight is 218 g/mol. The van der Waals surface area contributed by atoms with Crippen molar-refractivity contribution in [2.45, 2.75) is 0 Å². The Kier molecular flexibility index (Phi) is 2.59. The van der Waals surface area contributed by atoms with Gasteiger partial charge in [0, 0.05) is 23.2 Å². The van der Waals surface area contributed by atoms with Crippen LogP contribution in [-0.2, 0) is 0 Å². The van der Waals surface area contributed by atoms with Crippen molar-refractivity contribution in [2.24, 2.45) is 0 Å². The lowest BCUT2D eigenvalue weighted by Crippen LogP contribution is -1.83. The van der Waals surface area contributed by atoms with Crippen molar-refractivity contribution in [2.75, 3.05) is 7.11 Å². The first-order valence-corrected chi connectivity index (χ1v) is 4.68. The number of H-pyrrole nitrogens is 1. The molecule has 82 valence electrons. The summed E-state index contributed by atoms with van der Waals surface area (Å²) < 4.78 is 5.18. The molecule has 1 N–H and O–H groups in total. The summed E-state index contributed by atoms with van der Waals surface area (Å²) in [6, 6.07) is 5.56. The van der Waals surface area contributed by atoms with E-state index < -0.39 is 4.92 Å². The van der Waals surface area contributed by atoms with Gasteiger partial charge >= 0.3 is 0 Å². The Morgan fingerprint density at radius 2 is 2.31 bits per heavy atom. The Bertz CT molecular complexity index is 557. The van der Waals surface area contributed by atoms with Crippen LogP contribution >= 0.6 is 0 Å². The van der Waals surface area contributed by atoms with Crippen LogP contribution in [0.5, 0.6) is 5.75 Å². The van der Waals surface area contributed by atoms with Crippen LogP contribution in [0, 0.1) is 10.1 Å². The van der Waals surface area contributed by atoms with E-state index in [1.807, 2.05) is 18.2 Å². The molecule has 1 heterocycles. The number of benzene rings is 1. The zero-order valence-corrected chi connectivity index (χ0v) is 8.64. The van der Waals surface area contributed by atoms with Gasteiger partial charge in [-0.05, 0) is 6.07 Å². The predicted octanol–water partition coefficient (Wildman–Crippen LogP) is 2.42. The van der Waals surface area contributed by atoms with Gasteiger partial charge in [0.2, 0.25) is 6.20 Å². The zero-order chi connectivity index (χ0) is 11.5. The van der Waals surface area contributed by atoms with E-state index in [0.717, 1.165) is 28.4 Å². The lowest BCUT2D eigenvalue weighted by molar-refractivity contribution is -0.400. The zero-order valence-electron chi connectivity index (χ0n) is 8.64. The van der Waals surface area contributed by atoms with Crippen LogP contribution < -0.4 is 4.74 Å². The quantitative estimate of drug-likeness (QED) is 0.635. The second kappa shape index (κ2) is 4.06. The third-order valence-corrected chi connectivity index (χ3v) is 2.30. The Balaban J connectivity index is 2.53. The lowest BCUT2D eigenvalue weighted by Gasteiger charge is -2.00. The summed E-state index contributed by atoms with van der Waals surface area (Å²) in [6.07, 6.45) is 4.09. The number of hydrogen-bond donors (Lipinski definition) is 1. The standard InChI is InChI=1S/C11H10N2O3/c1-16-10-4-2-3-9-8(5-6-13(14)15)7-12-11(9)10/h2-7,12H,1H3/b6-5-. The largest absolute Gasteiger partial charge is 0.495 e. The normalized spacial score (nSPS) is 11.1. The molecule has 0 aliphatic heterocycles. The molecule has 5 heteroatoms. The van der Waals surface area contributed by atoms with Crippen LogP contribution in [0.25, 0.3) is 17.0 Å². The van der Waals surface area contributed by atoms with E-state index in [-0.39, 0.29) is 0 Å². The van der Waals surface area contributed by atoms with Crippen molar-refractivity contribution in [3.63, 3.8) is 0 Å². The summed E-state index contributed by atoms with van der Waals surface area (Å²) in [6.45, 7) is 0. The Hall–Kier alpha value is -2.30. The lowest BCUT2D eigenvalue weighted by atomic mass is 10.1. The first-order chi connectivity index (χ1) is 7.72. The van der Waals surface area contributed by atoms with Gasteiger partial charge in [0.05, 0.1) is 17.5 Å². The molecule has 2 rings (SSSR count). The summed E-state index contributed by atoms with van der Waals surface area (Å²) in [5.74, 6) is 0.721. The third-order valence-electron chi connectivity index (χ3n) is 2.30. The number of methoxy groups -OCH3 is 1. The molecular weight excluding hydrogens is 208 g/mol. The summed E-state index contributed by atoms with van der Waals surface area (Å²) in [4.78, 5) is 12.8. The molecular formula is C11H10N2O3. The summed E-state index contributed by atoms with van der Waals surface area (Å²) in [7, 11) is 1.59. The van der Waals surface area contributed by atoms with Gasteiger partial charge in [-0.3, -0.25) is 10.1 Å². The smallest absolute Gasteiger partial charge is 0.235 e. The SMILES string of the molecule is COc1cccc2c(/C=C\[N+](=O)[O-])c[nH]c12. The maximum absolute atomic E-state index is 10.2. The number of aromatic nitrogens is 1. The molecule has 0 bridgehead atoms. The van der Waals surface area contributed by atoms with Gasteiger partial charge < -0.3 is 9.72 Å². The fourth-order valence-electron chi connectivity index (χ4n) is 1.60. The topological polar surface area (TPSA) is 68.2 Å². The van der Waals surface area contributed by atoms with Gasteiger partial charge in [-0.2, -0.15) is 0 Å². The highest BCUT2D eigenvalue weighted by atomic mass is 16.6. The van der Waals surface area contributed by atoms with E-state index in [2.05, 4.69) is 4.98 Å². The van der Waals surface area contributed by atoms with Crippen LogP contribution in [0.4, 0.5) is 0 Å². The second-order valence-electron chi connectivity index (χ2n) is 3.23.